The molecule has 0 aromatic heterocycles. The Morgan fingerprint density at radius 3 is 2.22 bits per heavy atom. The number of phenols is 1. The van der Waals surface area contributed by atoms with Crippen LogP contribution >= 0.6 is 0 Å². The molecule has 2 aromatic carbocycles. The molecule has 3 nitrogen and oxygen atoms in total. The minimum Gasteiger partial charge on any atom is -0.507 e. The van der Waals surface area contributed by atoms with Gasteiger partial charge in [-0.2, -0.15) is 0 Å². The first-order chi connectivity index (χ1) is 10.7. The van der Waals surface area contributed by atoms with Gasteiger partial charge in [0, 0.05) is 13.6 Å². The molecular weight excluding hydrogens is 286 g/mol. The highest BCUT2D eigenvalue weighted by Crippen LogP contribution is 2.23. The topological polar surface area (TPSA) is 40.5 Å². The second kappa shape index (κ2) is 6.45. The molecule has 0 saturated carbocycles. The van der Waals surface area contributed by atoms with E-state index in [1.54, 1.807) is 24.1 Å². The molecule has 0 heterocycles. The molecule has 0 unspecified atom stereocenters. The molecule has 0 atom stereocenters. The predicted molar refractivity (Wildman–Crippen MR) is 93.8 cm³/mol. The zero-order chi connectivity index (χ0) is 17.2. The summed E-state index contributed by atoms with van der Waals surface area (Å²) in [5.74, 6) is -0.146. The van der Waals surface area contributed by atoms with Crippen molar-refractivity contribution in [2.45, 2.75) is 39.7 Å². The van der Waals surface area contributed by atoms with Crippen molar-refractivity contribution in [3.8, 4) is 5.75 Å². The van der Waals surface area contributed by atoms with E-state index in [0.717, 1.165) is 11.1 Å². The van der Waals surface area contributed by atoms with Crippen LogP contribution in [0.1, 0.15) is 47.8 Å². The van der Waals surface area contributed by atoms with Crippen LogP contribution in [0.5, 0.6) is 5.75 Å². The fourth-order valence-corrected chi connectivity index (χ4v) is 2.48. The van der Waals surface area contributed by atoms with Crippen molar-refractivity contribution in [1.29, 1.82) is 0 Å². The smallest absolute Gasteiger partial charge is 0.257 e. The van der Waals surface area contributed by atoms with E-state index in [9.17, 15) is 9.90 Å². The summed E-state index contributed by atoms with van der Waals surface area (Å²) >= 11 is 0. The van der Waals surface area contributed by atoms with Gasteiger partial charge in [0.2, 0.25) is 0 Å². The van der Waals surface area contributed by atoms with Crippen LogP contribution in [-0.4, -0.2) is 23.0 Å². The summed E-state index contributed by atoms with van der Waals surface area (Å²) in [6.07, 6.45) is 0. The molecule has 0 bridgehead atoms. The zero-order valence-corrected chi connectivity index (χ0v) is 14.6. The van der Waals surface area contributed by atoms with Crippen molar-refractivity contribution in [2.24, 2.45) is 0 Å². The minimum absolute atomic E-state index is 0.0323. The number of nitrogens with zero attached hydrogens (tertiary/aromatic N) is 1. The molecule has 122 valence electrons. The van der Waals surface area contributed by atoms with Crippen LogP contribution in [0.15, 0.2) is 42.5 Å². The second-order valence-corrected chi connectivity index (χ2v) is 7.13. The van der Waals surface area contributed by atoms with Gasteiger partial charge in [-0.1, -0.05) is 51.1 Å². The molecule has 0 aliphatic carbocycles. The van der Waals surface area contributed by atoms with E-state index in [1.165, 1.54) is 5.56 Å². The number of phenolic OH excluding ortho intramolecular Hbond substituents is 1. The summed E-state index contributed by atoms with van der Waals surface area (Å²) in [6.45, 7) is 8.93. The number of carbonyl (C=O) groups is 1. The molecule has 23 heavy (non-hydrogen) atoms. The van der Waals surface area contributed by atoms with E-state index in [0.29, 0.717) is 12.1 Å². The number of hydrogen-bond donors (Lipinski definition) is 1. The Hall–Kier alpha value is -2.29. The van der Waals surface area contributed by atoms with Gasteiger partial charge < -0.3 is 10.0 Å². The highest BCUT2D eigenvalue weighted by atomic mass is 16.3. The Labute approximate surface area is 138 Å². The largest absolute Gasteiger partial charge is 0.507 e. The maximum Gasteiger partial charge on any atom is 0.257 e. The van der Waals surface area contributed by atoms with Crippen LogP contribution in [0.4, 0.5) is 0 Å². The van der Waals surface area contributed by atoms with Crippen molar-refractivity contribution in [3.63, 3.8) is 0 Å². The van der Waals surface area contributed by atoms with Gasteiger partial charge in [-0.25, -0.2) is 0 Å². The summed E-state index contributed by atoms with van der Waals surface area (Å²) in [5, 5.41) is 9.96. The average molecular weight is 311 g/mol. The number of carbonyl (C=O) groups excluding carboxylic acids is 1. The average Bonchev–Trinajstić information content (AvgIpc) is 2.46. The minimum atomic E-state index is -0.178. The summed E-state index contributed by atoms with van der Waals surface area (Å²) in [5.41, 5.74) is 3.73. The molecular formula is C20H25NO2. The standard InChI is InChI=1S/C20H25NO2/c1-14-6-11-17(18(22)12-14)19(23)21(5)13-15-7-9-16(10-8-15)20(2,3)4/h6-12,22H,13H2,1-5H3. The first-order valence-electron chi connectivity index (χ1n) is 7.83. The van der Waals surface area contributed by atoms with E-state index >= 15 is 0 Å². The zero-order valence-electron chi connectivity index (χ0n) is 14.6. The highest BCUT2D eigenvalue weighted by Gasteiger charge is 2.17. The molecule has 1 N–H and O–H groups in total. The molecule has 2 aromatic rings. The summed E-state index contributed by atoms with van der Waals surface area (Å²) in [6, 6.07) is 13.4. The van der Waals surface area contributed by atoms with E-state index in [-0.39, 0.29) is 17.1 Å². The Balaban J connectivity index is 2.12. The molecule has 1 amide bonds. The Kier molecular flexibility index (Phi) is 4.79. The normalized spacial score (nSPS) is 11.3. The lowest BCUT2D eigenvalue weighted by Gasteiger charge is -2.21. The molecule has 0 fully saturated rings. The lowest BCUT2D eigenvalue weighted by atomic mass is 9.87. The number of aromatic hydroxyl groups is 1. The predicted octanol–water partition coefficient (Wildman–Crippen LogP) is 4.27. The van der Waals surface area contributed by atoms with E-state index < -0.39 is 0 Å². The molecule has 0 spiro atoms. The van der Waals surface area contributed by atoms with Gasteiger partial charge in [-0.3, -0.25) is 4.79 Å². The van der Waals surface area contributed by atoms with Gasteiger partial charge in [-0.05, 0) is 41.2 Å². The van der Waals surface area contributed by atoms with Gasteiger partial charge in [0.1, 0.15) is 5.75 Å². The lowest BCUT2D eigenvalue weighted by Crippen LogP contribution is -2.26. The first kappa shape index (κ1) is 17.1. The lowest BCUT2D eigenvalue weighted by molar-refractivity contribution is 0.0782. The van der Waals surface area contributed by atoms with Crippen LogP contribution in [0.3, 0.4) is 0 Å². The summed E-state index contributed by atoms with van der Waals surface area (Å²) in [7, 11) is 1.75. The van der Waals surface area contributed by atoms with Gasteiger partial charge in [-0.15, -0.1) is 0 Å². The van der Waals surface area contributed by atoms with E-state index in [4.69, 9.17) is 0 Å². The number of aryl methyl sites for hydroxylation is 1. The van der Waals surface area contributed by atoms with Crippen LogP contribution in [-0.2, 0) is 12.0 Å². The first-order valence-corrected chi connectivity index (χ1v) is 7.83. The monoisotopic (exact) mass is 311 g/mol. The molecule has 3 heteroatoms. The third-order valence-electron chi connectivity index (χ3n) is 3.97. The molecule has 0 radical (unpaired) electrons. The highest BCUT2D eigenvalue weighted by molar-refractivity contribution is 5.96. The van der Waals surface area contributed by atoms with Crippen LogP contribution in [0.2, 0.25) is 0 Å². The van der Waals surface area contributed by atoms with Gasteiger partial charge in [0.05, 0.1) is 5.56 Å². The van der Waals surface area contributed by atoms with E-state index in [2.05, 4.69) is 45.0 Å². The van der Waals surface area contributed by atoms with Crippen molar-refractivity contribution in [2.75, 3.05) is 7.05 Å². The number of benzene rings is 2. The number of rotatable bonds is 3. The third kappa shape index (κ3) is 4.13. The van der Waals surface area contributed by atoms with Gasteiger partial charge in [0.25, 0.3) is 5.91 Å². The molecule has 0 aliphatic heterocycles. The number of amides is 1. The SMILES string of the molecule is Cc1ccc(C(=O)N(C)Cc2ccc(C(C)(C)C)cc2)c(O)c1. The summed E-state index contributed by atoms with van der Waals surface area (Å²) < 4.78 is 0. The maximum absolute atomic E-state index is 12.5. The summed E-state index contributed by atoms with van der Waals surface area (Å²) in [4.78, 5) is 14.1. The Morgan fingerprint density at radius 1 is 1.09 bits per heavy atom. The fraction of sp³-hybridized carbons (Fsp3) is 0.350. The van der Waals surface area contributed by atoms with Gasteiger partial charge >= 0.3 is 0 Å². The van der Waals surface area contributed by atoms with Crippen LogP contribution in [0.25, 0.3) is 0 Å². The molecule has 0 saturated heterocycles. The van der Waals surface area contributed by atoms with Crippen LogP contribution in [0, 0.1) is 6.92 Å². The number of hydrogen-bond acceptors (Lipinski definition) is 2. The second-order valence-electron chi connectivity index (χ2n) is 7.13. The Bertz CT molecular complexity index is 697. The van der Waals surface area contributed by atoms with Crippen molar-refractivity contribution < 1.29 is 9.90 Å². The molecule has 2 rings (SSSR count). The quantitative estimate of drug-likeness (QED) is 0.919. The van der Waals surface area contributed by atoms with Crippen molar-refractivity contribution >= 4 is 5.91 Å². The fourth-order valence-electron chi connectivity index (χ4n) is 2.48. The molecule has 0 aliphatic rings. The van der Waals surface area contributed by atoms with Gasteiger partial charge in [0.15, 0.2) is 0 Å². The Morgan fingerprint density at radius 2 is 1.70 bits per heavy atom. The van der Waals surface area contributed by atoms with Crippen molar-refractivity contribution in [1.82, 2.24) is 4.90 Å². The van der Waals surface area contributed by atoms with Crippen LogP contribution < -0.4 is 0 Å². The maximum atomic E-state index is 12.5. The van der Waals surface area contributed by atoms with E-state index in [1.807, 2.05) is 13.0 Å². The third-order valence-corrected chi connectivity index (χ3v) is 3.97. The van der Waals surface area contributed by atoms with Crippen molar-refractivity contribution in [3.05, 3.63) is 64.7 Å².